The number of rotatable bonds is 2. The highest BCUT2D eigenvalue weighted by atomic mass is 32.2. The molecule has 0 heterocycles. The van der Waals surface area contributed by atoms with Gasteiger partial charge in [-0.25, -0.2) is 9.38 Å². The molecule has 0 aliphatic carbocycles. The Hall–Kier alpha value is -1.95. The Kier molecular flexibility index (Phi) is 5.00. The van der Waals surface area contributed by atoms with Gasteiger partial charge < -0.3 is 4.74 Å². The van der Waals surface area contributed by atoms with Crippen molar-refractivity contribution in [3.63, 3.8) is 0 Å². The summed E-state index contributed by atoms with van der Waals surface area (Å²) in [4.78, 5) is 3.68. The maximum absolute atomic E-state index is 13.7. The van der Waals surface area contributed by atoms with Crippen LogP contribution < -0.4 is 10.1 Å². The van der Waals surface area contributed by atoms with Gasteiger partial charge in [0.15, 0.2) is 22.9 Å². The van der Waals surface area contributed by atoms with Gasteiger partial charge in [-0.2, -0.15) is 5.26 Å². The number of benzene rings is 1. The highest BCUT2D eigenvalue weighted by Gasteiger charge is 2.32. The molecular weight excluding hydrogens is 286 g/mol. The summed E-state index contributed by atoms with van der Waals surface area (Å²) >= 11 is 1.00. The number of ether oxygens (including phenoxy) is 1. The van der Waals surface area contributed by atoms with Crippen molar-refractivity contribution in [1.29, 1.82) is 5.26 Å². The maximum atomic E-state index is 13.7. The number of thioether (sulfide) groups is 1. The van der Waals surface area contributed by atoms with Gasteiger partial charge in [0.2, 0.25) is 0 Å². The van der Waals surface area contributed by atoms with E-state index in [1.54, 1.807) is 12.4 Å². The smallest absolute Gasteiger partial charge is 0.403 e. The Labute approximate surface area is 110 Å². The van der Waals surface area contributed by atoms with Crippen LogP contribution in [0.2, 0.25) is 0 Å². The Morgan fingerprint density at radius 2 is 2.16 bits per heavy atom. The normalized spacial score (nSPS) is 11.9. The number of nitrogens with zero attached hydrogens (tertiary/aromatic N) is 2. The van der Waals surface area contributed by atoms with E-state index in [0.717, 1.165) is 30.0 Å². The van der Waals surface area contributed by atoms with Gasteiger partial charge in [-0.3, -0.25) is 5.32 Å². The molecule has 0 radical (unpaired) electrons. The number of aliphatic imine (C=N–C) groups is 1. The Balaban J connectivity index is 3.11. The van der Waals surface area contributed by atoms with E-state index in [2.05, 4.69) is 15.0 Å². The van der Waals surface area contributed by atoms with Crippen molar-refractivity contribution in [2.75, 3.05) is 6.26 Å². The van der Waals surface area contributed by atoms with E-state index >= 15 is 0 Å². The SMILES string of the molecule is CSC(=Nc1cccc(OC(F)(F)F)c1F)NC#N. The van der Waals surface area contributed by atoms with Gasteiger partial charge in [0.25, 0.3) is 0 Å². The van der Waals surface area contributed by atoms with Crippen LogP contribution in [0.1, 0.15) is 0 Å². The second-order valence-corrected chi connectivity index (χ2v) is 3.79. The van der Waals surface area contributed by atoms with Crippen LogP contribution in [0.3, 0.4) is 0 Å². The Bertz CT molecular complexity index is 524. The van der Waals surface area contributed by atoms with E-state index in [0.29, 0.717) is 0 Å². The summed E-state index contributed by atoms with van der Waals surface area (Å²) in [6.07, 6.45) is -1.85. The van der Waals surface area contributed by atoms with Crippen LogP contribution >= 0.6 is 11.8 Å². The standard InChI is InChI=1S/C10H7F4N3OS/c1-19-9(16-5-15)17-6-3-2-4-7(8(6)11)18-10(12,13)14/h2-4H,1H3,(H,16,17). The van der Waals surface area contributed by atoms with Gasteiger partial charge in [-0.15, -0.1) is 13.2 Å². The third kappa shape index (κ3) is 4.67. The third-order valence-electron chi connectivity index (χ3n) is 1.75. The van der Waals surface area contributed by atoms with Crippen molar-refractivity contribution in [2.45, 2.75) is 6.36 Å². The van der Waals surface area contributed by atoms with Crippen LogP contribution in [-0.4, -0.2) is 17.8 Å². The average molecular weight is 293 g/mol. The van der Waals surface area contributed by atoms with Crippen molar-refractivity contribution in [1.82, 2.24) is 5.32 Å². The molecule has 0 saturated heterocycles. The lowest BCUT2D eigenvalue weighted by atomic mass is 10.3. The van der Waals surface area contributed by atoms with E-state index in [9.17, 15) is 17.6 Å². The molecule has 0 aromatic heterocycles. The van der Waals surface area contributed by atoms with E-state index < -0.39 is 17.9 Å². The molecule has 0 unspecified atom stereocenters. The molecule has 1 aromatic rings. The zero-order chi connectivity index (χ0) is 14.5. The van der Waals surface area contributed by atoms with E-state index in [4.69, 9.17) is 5.26 Å². The number of hydrogen-bond acceptors (Lipinski definition) is 4. The largest absolute Gasteiger partial charge is 0.573 e. The van der Waals surface area contributed by atoms with Crippen LogP contribution in [0.5, 0.6) is 5.75 Å². The number of nitriles is 1. The molecule has 0 amide bonds. The maximum Gasteiger partial charge on any atom is 0.573 e. The molecule has 0 saturated carbocycles. The lowest BCUT2D eigenvalue weighted by Gasteiger charge is -2.10. The summed E-state index contributed by atoms with van der Waals surface area (Å²) in [6, 6.07) is 3.15. The monoisotopic (exact) mass is 293 g/mol. The molecule has 19 heavy (non-hydrogen) atoms. The van der Waals surface area contributed by atoms with E-state index in [-0.39, 0.29) is 10.9 Å². The number of alkyl halides is 3. The van der Waals surface area contributed by atoms with Crippen LogP contribution in [0, 0.1) is 17.3 Å². The fraction of sp³-hybridized carbons (Fsp3) is 0.200. The van der Waals surface area contributed by atoms with Gasteiger partial charge in [0.1, 0.15) is 5.69 Å². The summed E-state index contributed by atoms with van der Waals surface area (Å²) in [5, 5.41) is 10.6. The fourth-order valence-corrected chi connectivity index (χ4v) is 1.41. The molecule has 0 aliphatic heterocycles. The molecule has 0 aliphatic rings. The van der Waals surface area contributed by atoms with Gasteiger partial charge in [-0.05, 0) is 18.4 Å². The Morgan fingerprint density at radius 3 is 2.68 bits per heavy atom. The number of nitrogens with one attached hydrogen (secondary N) is 1. The minimum absolute atomic E-state index is 0.0468. The predicted molar refractivity (Wildman–Crippen MR) is 62.4 cm³/mol. The molecule has 1 aromatic carbocycles. The minimum Gasteiger partial charge on any atom is -0.403 e. The first-order valence-electron chi connectivity index (χ1n) is 4.69. The molecule has 1 rings (SSSR count). The number of halogens is 4. The quantitative estimate of drug-likeness (QED) is 0.299. The summed E-state index contributed by atoms with van der Waals surface area (Å²) in [7, 11) is 0. The molecule has 0 bridgehead atoms. The lowest BCUT2D eigenvalue weighted by Crippen LogP contribution is -2.18. The number of amidine groups is 1. The van der Waals surface area contributed by atoms with Crippen LogP contribution in [0.15, 0.2) is 23.2 Å². The number of hydrogen-bond donors (Lipinski definition) is 1. The third-order valence-corrected chi connectivity index (χ3v) is 2.33. The molecule has 102 valence electrons. The zero-order valence-electron chi connectivity index (χ0n) is 9.45. The first kappa shape index (κ1) is 15.1. The van der Waals surface area contributed by atoms with Crippen molar-refractivity contribution in [3.05, 3.63) is 24.0 Å². The Morgan fingerprint density at radius 1 is 1.47 bits per heavy atom. The second kappa shape index (κ2) is 6.29. The second-order valence-electron chi connectivity index (χ2n) is 2.99. The summed E-state index contributed by atoms with van der Waals surface area (Å²) in [5.41, 5.74) is -0.367. The van der Waals surface area contributed by atoms with Crippen molar-refractivity contribution < 1.29 is 22.3 Å². The molecule has 0 spiro atoms. The van der Waals surface area contributed by atoms with Crippen LogP contribution in [0.25, 0.3) is 0 Å². The van der Waals surface area contributed by atoms with E-state index in [1.807, 2.05) is 0 Å². The zero-order valence-corrected chi connectivity index (χ0v) is 10.3. The van der Waals surface area contributed by atoms with Gasteiger partial charge >= 0.3 is 6.36 Å². The molecule has 1 N–H and O–H groups in total. The average Bonchev–Trinajstić information content (AvgIpc) is 2.31. The van der Waals surface area contributed by atoms with Crippen LogP contribution in [0.4, 0.5) is 23.2 Å². The highest BCUT2D eigenvalue weighted by Crippen LogP contribution is 2.31. The van der Waals surface area contributed by atoms with Crippen LogP contribution in [-0.2, 0) is 0 Å². The predicted octanol–water partition coefficient (Wildman–Crippen LogP) is 3.15. The first-order valence-corrected chi connectivity index (χ1v) is 5.92. The van der Waals surface area contributed by atoms with E-state index in [1.165, 1.54) is 0 Å². The topological polar surface area (TPSA) is 57.4 Å². The highest BCUT2D eigenvalue weighted by molar-refractivity contribution is 8.13. The molecule has 9 heteroatoms. The van der Waals surface area contributed by atoms with Gasteiger partial charge in [0, 0.05) is 0 Å². The molecule has 4 nitrogen and oxygen atoms in total. The van der Waals surface area contributed by atoms with Gasteiger partial charge in [-0.1, -0.05) is 17.8 Å². The molecule has 0 atom stereocenters. The summed E-state index contributed by atoms with van der Waals surface area (Å²) in [5.74, 6) is -2.24. The lowest BCUT2D eigenvalue weighted by molar-refractivity contribution is -0.275. The van der Waals surface area contributed by atoms with Crippen molar-refractivity contribution >= 4 is 22.6 Å². The first-order chi connectivity index (χ1) is 8.87. The van der Waals surface area contributed by atoms with Gasteiger partial charge in [0.05, 0.1) is 0 Å². The molecule has 0 fully saturated rings. The summed E-state index contributed by atoms with van der Waals surface area (Å²) < 4.78 is 53.3. The summed E-state index contributed by atoms with van der Waals surface area (Å²) in [6.45, 7) is 0. The van der Waals surface area contributed by atoms with Crippen molar-refractivity contribution in [3.8, 4) is 11.9 Å². The van der Waals surface area contributed by atoms with Crippen molar-refractivity contribution in [2.24, 2.45) is 4.99 Å². The molecular formula is C10H7F4N3OS. The minimum atomic E-state index is -4.99. The fourth-order valence-electron chi connectivity index (χ4n) is 1.07.